The van der Waals surface area contributed by atoms with E-state index in [0.29, 0.717) is 12.5 Å². The molecule has 1 aromatic rings. The highest BCUT2D eigenvalue weighted by Gasteiger charge is 2.33. The maximum absolute atomic E-state index is 11.7. The molecule has 0 heterocycles. The Bertz CT molecular complexity index is 443. The highest BCUT2D eigenvalue weighted by Crippen LogP contribution is 2.31. The Morgan fingerprint density at radius 2 is 2.00 bits per heavy atom. The van der Waals surface area contributed by atoms with Gasteiger partial charge in [0.25, 0.3) is 0 Å². The van der Waals surface area contributed by atoms with Crippen molar-refractivity contribution in [1.82, 2.24) is 10.6 Å². The van der Waals surface area contributed by atoms with E-state index < -0.39 is 6.10 Å². The molecule has 2 unspecified atom stereocenters. The molecule has 1 aromatic carbocycles. The van der Waals surface area contributed by atoms with Gasteiger partial charge in [0.2, 0.25) is 0 Å². The number of benzene rings is 1. The molecular formula is C13H16N2O2. The van der Waals surface area contributed by atoms with Crippen LogP contribution in [0.2, 0.25) is 0 Å². The van der Waals surface area contributed by atoms with Gasteiger partial charge in [-0.25, -0.2) is 4.79 Å². The Kier molecular flexibility index (Phi) is 2.52. The molecule has 2 atom stereocenters. The number of rotatable bonds is 2. The lowest BCUT2D eigenvalue weighted by Gasteiger charge is -2.18. The summed E-state index contributed by atoms with van der Waals surface area (Å²) in [5.41, 5.74) is 2.16. The molecule has 1 saturated carbocycles. The zero-order valence-electron chi connectivity index (χ0n) is 9.52. The Morgan fingerprint density at radius 3 is 2.76 bits per heavy atom. The van der Waals surface area contributed by atoms with Crippen LogP contribution in [0.5, 0.6) is 0 Å². The van der Waals surface area contributed by atoms with Crippen LogP contribution in [0.4, 0.5) is 4.79 Å². The molecule has 0 aliphatic heterocycles. The molecular weight excluding hydrogens is 216 g/mol. The first-order valence-corrected chi connectivity index (χ1v) is 6.07. The maximum atomic E-state index is 11.7. The number of hydrogen-bond acceptors (Lipinski definition) is 2. The zero-order valence-corrected chi connectivity index (χ0v) is 9.52. The fourth-order valence-corrected chi connectivity index (χ4v) is 2.34. The van der Waals surface area contributed by atoms with Crippen molar-refractivity contribution in [2.24, 2.45) is 0 Å². The van der Waals surface area contributed by atoms with Crippen LogP contribution < -0.4 is 10.6 Å². The first kappa shape index (κ1) is 10.6. The molecule has 17 heavy (non-hydrogen) atoms. The van der Waals surface area contributed by atoms with Crippen molar-refractivity contribution in [2.45, 2.75) is 37.5 Å². The number of carbonyl (C=O) groups excluding carboxylic acids is 1. The van der Waals surface area contributed by atoms with Crippen LogP contribution in [0.25, 0.3) is 0 Å². The molecule has 3 N–H and O–H groups in total. The summed E-state index contributed by atoms with van der Waals surface area (Å²) >= 11 is 0. The van der Waals surface area contributed by atoms with Gasteiger partial charge in [0.1, 0.15) is 0 Å². The molecule has 0 saturated heterocycles. The second-order valence-electron chi connectivity index (χ2n) is 4.84. The second kappa shape index (κ2) is 4.04. The number of urea groups is 1. The molecule has 2 aliphatic carbocycles. The second-order valence-corrected chi connectivity index (χ2v) is 4.84. The summed E-state index contributed by atoms with van der Waals surface area (Å²) in [7, 11) is 0. The third-order valence-corrected chi connectivity index (χ3v) is 3.40. The summed E-state index contributed by atoms with van der Waals surface area (Å²) in [5, 5.41) is 15.7. The maximum Gasteiger partial charge on any atom is 0.315 e. The van der Waals surface area contributed by atoms with Crippen LogP contribution >= 0.6 is 0 Å². The van der Waals surface area contributed by atoms with Crippen LogP contribution in [0, 0.1) is 0 Å². The van der Waals surface area contributed by atoms with Gasteiger partial charge in [0.15, 0.2) is 0 Å². The molecule has 4 nitrogen and oxygen atoms in total. The number of aliphatic hydroxyl groups excluding tert-OH is 1. The normalized spacial score (nSPS) is 26.4. The van der Waals surface area contributed by atoms with Gasteiger partial charge in [-0.15, -0.1) is 0 Å². The molecule has 0 spiro atoms. The summed E-state index contributed by atoms with van der Waals surface area (Å²) in [6.45, 7) is 0. The highest BCUT2D eigenvalue weighted by atomic mass is 16.3. The molecule has 4 heteroatoms. The fraction of sp³-hybridized carbons (Fsp3) is 0.462. The number of nitrogens with one attached hydrogen (secondary N) is 2. The van der Waals surface area contributed by atoms with E-state index >= 15 is 0 Å². The Labute approximate surface area is 100 Å². The minimum Gasteiger partial charge on any atom is -0.390 e. The lowest BCUT2D eigenvalue weighted by Crippen LogP contribution is -2.41. The van der Waals surface area contributed by atoms with E-state index in [9.17, 15) is 9.90 Å². The molecule has 90 valence electrons. The summed E-state index contributed by atoms with van der Waals surface area (Å²) in [5.74, 6) is 0. The average molecular weight is 232 g/mol. The first-order chi connectivity index (χ1) is 8.24. The van der Waals surface area contributed by atoms with Crippen molar-refractivity contribution in [3.05, 3.63) is 35.4 Å². The van der Waals surface area contributed by atoms with E-state index in [4.69, 9.17) is 0 Å². The SMILES string of the molecule is O=C(NC1CC1)NC1c2ccccc2CC1O. The average Bonchev–Trinajstić information content (AvgIpc) is 3.05. The van der Waals surface area contributed by atoms with E-state index in [-0.39, 0.29) is 12.1 Å². The van der Waals surface area contributed by atoms with Gasteiger partial charge in [-0.1, -0.05) is 24.3 Å². The minimum absolute atomic E-state index is 0.173. The molecule has 2 aliphatic rings. The zero-order chi connectivity index (χ0) is 11.8. The number of amides is 2. The Hall–Kier alpha value is -1.55. The molecule has 0 radical (unpaired) electrons. The van der Waals surface area contributed by atoms with Crippen molar-refractivity contribution in [2.75, 3.05) is 0 Å². The number of hydrogen-bond donors (Lipinski definition) is 3. The Balaban J connectivity index is 1.71. The molecule has 2 amide bonds. The quantitative estimate of drug-likeness (QED) is 0.715. The summed E-state index contributed by atoms with van der Waals surface area (Å²) in [6.07, 6.45) is 2.23. The first-order valence-electron chi connectivity index (χ1n) is 6.07. The largest absolute Gasteiger partial charge is 0.390 e. The Morgan fingerprint density at radius 1 is 1.24 bits per heavy atom. The number of aliphatic hydroxyl groups is 1. The topological polar surface area (TPSA) is 61.4 Å². The van der Waals surface area contributed by atoms with Gasteiger partial charge >= 0.3 is 6.03 Å². The summed E-state index contributed by atoms with van der Waals surface area (Å²) in [6, 6.07) is 7.75. The lowest BCUT2D eigenvalue weighted by atomic mass is 10.1. The summed E-state index contributed by atoms with van der Waals surface area (Å²) < 4.78 is 0. The van der Waals surface area contributed by atoms with Crippen molar-refractivity contribution in [3.8, 4) is 0 Å². The van der Waals surface area contributed by atoms with E-state index in [1.807, 2.05) is 24.3 Å². The van der Waals surface area contributed by atoms with Crippen LogP contribution in [0.1, 0.15) is 30.0 Å². The van der Waals surface area contributed by atoms with Gasteiger partial charge in [-0.2, -0.15) is 0 Å². The third kappa shape index (κ3) is 2.13. The van der Waals surface area contributed by atoms with Crippen LogP contribution in [0.3, 0.4) is 0 Å². The van der Waals surface area contributed by atoms with Crippen LogP contribution in [-0.2, 0) is 6.42 Å². The summed E-state index contributed by atoms with van der Waals surface area (Å²) in [4.78, 5) is 11.7. The van der Waals surface area contributed by atoms with Gasteiger partial charge in [0.05, 0.1) is 12.1 Å². The molecule has 3 rings (SSSR count). The van der Waals surface area contributed by atoms with Gasteiger partial charge in [-0.05, 0) is 24.0 Å². The van der Waals surface area contributed by atoms with Crippen molar-refractivity contribution < 1.29 is 9.90 Å². The highest BCUT2D eigenvalue weighted by molar-refractivity contribution is 5.75. The van der Waals surface area contributed by atoms with Crippen molar-refractivity contribution >= 4 is 6.03 Å². The molecule has 0 bridgehead atoms. The monoisotopic (exact) mass is 232 g/mol. The van der Waals surface area contributed by atoms with Gasteiger partial charge < -0.3 is 15.7 Å². The van der Waals surface area contributed by atoms with Crippen LogP contribution in [-0.4, -0.2) is 23.3 Å². The number of fused-ring (bicyclic) bond motifs is 1. The predicted octanol–water partition coefficient (Wildman–Crippen LogP) is 1.11. The standard InChI is InChI=1S/C13H16N2O2/c16-11-7-8-3-1-2-4-10(8)12(11)15-13(17)14-9-5-6-9/h1-4,9,11-12,16H,5-7H2,(H2,14,15,17). The van der Waals surface area contributed by atoms with E-state index in [0.717, 1.165) is 24.0 Å². The van der Waals surface area contributed by atoms with Crippen molar-refractivity contribution in [3.63, 3.8) is 0 Å². The minimum atomic E-state index is -0.516. The van der Waals surface area contributed by atoms with Crippen LogP contribution in [0.15, 0.2) is 24.3 Å². The van der Waals surface area contributed by atoms with Gasteiger partial charge in [-0.3, -0.25) is 0 Å². The van der Waals surface area contributed by atoms with E-state index in [1.165, 1.54) is 0 Å². The van der Waals surface area contributed by atoms with Crippen molar-refractivity contribution in [1.29, 1.82) is 0 Å². The lowest BCUT2D eigenvalue weighted by molar-refractivity contribution is 0.142. The number of carbonyl (C=O) groups is 1. The predicted molar refractivity (Wildman–Crippen MR) is 63.6 cm³/mol. The van der Waals surface area contributed by atoms with Gasteiger partial charge in [0, 0.05) is 12.5 Å². The van der Waals surface area contributed by atoms with E-state index in [2.05, 4.69) is 10.6 Å². The van der Waals surface area contributed by atoms with E-state index in [1.54, 1.807) is 0 Å². The fourth-order valence-electron chi connectivity index (χ4n) is 2.34. The molecule has 0 aromatic heterocycles. The third-order valence-electron chi connectivity index (χ3n) is 3.40. The molecule has 1 fully saturated rings. The smallest absolute Gasteiger partial charge is 0.315 e.